The van der Waals surface area contributed by atoms with E-state index in [2.05, 4.69) is 41.2 Å². The molecule has 1 heterocycles. The van der Waals surface area contributed by atoms with Crippen LogP contribution in [0.15, 0.2) is 15.9 Å². The number of rotatable bonds is 4. The molecule has 0 aliphatic rings. The maximum absolute atomic E-state index is 6.05. The third-order valence-corrected chi connectivity index (χ3v) is 3.83. The van der Waals surface area contributed by atoms with Crippen molar-refractivity contribution in [3.63, 3.8) is 0 Å². The van der Waals surface area contributed by atoms with Gasteiger partial charge >= 0.3 is 0 Å². The molecule has 1 aromatic rings. The smallest absolute Gasteiger partial charge is 0.0390 e. The minimum absolute atomic E-state index is 0.221. The summed E-state index contributed by atoms with van der Waals surface area (Å²) in [6, 6.07) is 2.34. The Hall–Kier alpha value is 0.140. The zero-order chi connectivity index (χ0) is 9.84. The van der Waals surface area contributed by atoms with Crippen LogP contribution in [0.3, 0.4) is 0 Å². The first-order valence-corrected chi connectivity index (χ1v) is 6.26. The van der Waals surface area contributed by atoms with Crippen molar-refractivity contribution in [3.05, 3.63) is 20.8 Å². The van der Waals surface area contributed by atoms with Gasteiger partial charge in [-0.3, -0.25) is 0 Å². The molecule has 0 amide bonds. The third kappa shape index (κ3) is 3.79. The molecule has 0 aliphatic heterocycles. The number of thiophene rings is 1. The summed E-state index contributed by atoms with van der Waals surface area (Å²) < 4.78 is 1.15. The fraction of sp³-hybridized carbons (Fsp3) is 0.600. The predicted octanol–water partition coefficient (Wildman–Crippen LogP) is 3.95. The van der Waals surface area contributed by atoms with Crippen LogP contribution in [0.25, 0.3) is 0 Å². The minimum atomic E-state index is 0.221. The van der Waals surface area contributed by atoms with Crippen molar-refractivity contribution >= 4 is 27.3 Å². The molecule has 0 saturated carbocycles. The quantitative estimate of drug-likeness (QED) is 0.873. The van der Waals surface area contributed by atoms with Gasteiger partial charge in [0.1, 0.15) is 0 Å². The van der Waals surface area contributed by atoms with Crippen LogP contribution in [0, 0.1) is 5.92 Å². The molecule has 0 aliphatic carbocycles. The second kappa shape index (κ2) is 5.13. The van der Waals surface area contributed by atoms with Crippen LogP contribution in [-0.2, 0) is 0 Å². The van der Waals surface area contributed by atoms with E-state index in [4.69, 9.17) is 5.73 Å². The number of hydrogen-bond donors (Lipinski definition) is 1. The summed E-state index contributed by atoms with van der Waals surface area (Å²) in [5, 5.41) is 2.09. The molecule has 0 fully saturated rings. The molecule has 0 bridgehead atoms. The standard InChI is InChI=1S/C10H16BrNS/c1-7(2)3-4-9(12)10-5-8(11)6-13-10/h5-7,9H,3-4,12H2,1-2H3/t9-/m1/s1. The first kappa shape index (κ1) is 11.2. The van der Waals surface area contributed by atoms with Crippen LogP contribution >= 0.6 is 27.3 Å². The summed E-state index contributed by atoms with van der Waals surface area (Å²) in [7, 11) is 0. The van der Waals surface area contributed by atoms with E-state index in [9.17, 15) is 0 Å². The summed E-state index contributed by atoms with van der Waals surface area (Å²) in [5.41, 5.74) is 6.05. The fourth-order valence-electron chi connectivity index (χ4n) is 1.18. The lowest BCUT2D eigenvalue weighted by Gasteiger charge is -2.10. The average molecular weight is 262 g/mol. The summed E-state index contributed by atoms with van der Waals surface area (Å²) >= 11 is 5.17. The molecule has 2 N–H and O–H groups in total. The molecule has 1 aromatic heterocycles. The second-order valence-corrected chi connectivity index (χ2v) is 5.60. The molecule has 0 unspecified atom stereocenters. The van der Waals surface area contributed by atoms with E-state index in [0.29, 0.717) is 0 Å². The molecule has 0 radical (unpaired) electrons. The van der Waals surface area contributed by atoms with E-state index in [1.54, 1.807) is 11.3 Å². The van der Waals surface area contributed by atoms with Gasteiger partial charge in [0.05, 0.1) is 0 Å². The zero-order valence-electron chi connectivity index (χ0n) is 8.09. The fourth-order valence-corrected chi connectivity index (χ4v) is 2.66. The Kier molecular flexibility index (Phi) is 4.42. The Labute approximate surface area is 92.5 Å². The van der Waals surface area contributed by atoms with Crippen molar-refractivity contribution in [1.82, 2.24) is 0 Å². The van der Waals surface area contributed by atoms with Gasteiger partial charge < -0.3 is 5.73 Å². The van der Waals surface area contributed by atoms with Crippen LogP contribution in [0.5, 0.6) is 0 Å². The predicted molar refractivity (Wildman–Crippen MR) is 63.0 cm³/mol. The van der Waals surface area contributed by atoms with E-state index >= 15 is 0 Å². The van der Waals surface area contributed by atoms with E-state index in [1.165, 1.54) is 11.3 Å². The maximum Gasteiger partial charge on any atom is 0.0390 e. The lowest BCUT2D eigenvalue weighted by atomic mass is 10.0. The lowest BCUT2D eigenvalue weighted by molar-refractivity contribution is 0.510. The molecule has 74 valence electrons. The summed E-state index contributed by atoms with van der Waals surface area (Å²) in [6.07, 6.45) is 2.29. The number of nitrogens with two attached hydrogens (primary N) is 1. The Bertz CT molecular complexity index is 257. The summed E-state index contributed by atoms with van der Waals surface area (Å²) in [6.45, 7) is 4.47. The highest BCUT2D eigenvalue weighted by Gasteiger charge is 2.08. The van der Waals surface area contributed by atoms with Crippen molar-refractivity contribution in [2.24, 2.45) is 11.7 Å². The van der Waals surface area contributed by atoms with Crippen molar-refractivity contribution in [2.45, 2.75) is 32.7 Å². The monoisotopic (exact) mass is 261 g/mol. The maximum atomic E-state index is 6.05. The van der Waals surface area contributed by atoms with Gasteiger partial charge in [0, 0.05) is 20.8 Å². The molecule has 0 aromatic carbocycles. The lowest BCUT2D eigenvalue weighted by Crippen LogP contribution is -2.09. The molecule has 1 nitrogen and oxygen atoms in total. The van der Waals surface area contributed by atoms with Gasteiger partial charge in [-0.1, -0.05) is 13.8 Å². The molecule has 1 atom stereocenters. The normalized spacial score (nSPS) is 13.6. The van der Waals surface area contributed by atoms with Crippen LogP contribution < -0.4 is 5.73 Å². The van der Waals surface area contributed by atoms with Gasteiger partial charge in [0.2, 0.25) is 0 Å². The third-order valence-electron chi connectivity index (χ3n) is 2.01. The van der Waals surface area contributed by atoms with Gasteiger partial charge in [-0.25, -0.2) is 0 Å². The SMILES string of the molecule is CC(C)CC[C@@H](N)c1cc(Br)cs1. The van der Waals surface area contributed by atoms with E-state index in [0.717, 1.165) is 16.8 Å². The van der Waals surface area contributed by atoms with Crippen LogP contribution in [0.1, 0.15) is 37.6 Å². The van der Waals surface area contributed by atoms with Gasteiger partial charge in [-0.2, -0.15) is 0 Å². The van der Waals surface area contributed by atoms with E-state index in [-0.39, 0.29) is 6.04 Å². The second-order valence-electron chi connectivity index (χ2n) is 3.74. The topological polar surface area (TPSA) is 26.0 Å². The highest BCUT2D eigenvalue weighted by atomic mass is 79.9. The van der Waals surface area contributed by atoms with Gasteiger partial charge in [0.25, 0.3) is 0 Å². The first-order valence-electron chi connectivity index (χ1n) is 4.59. The number of halogens is 1. The molecule has 13 heavy (non-hydrogen) atoms. The molecule has 3 heteroatoms. The van der Waals surface area contributed by atoms with Crippen LogP contribution in [0.2, 0.25) is 0 Å². The van der Waals surface area contributed by atoms with Crippen molar-refractivity contribution in [1.29, 1.82) is 0 Å². The average Bonchev–Trinajstić information content (AvgIpc) is 2.47. The Morgan fingerprint density at radius 3 is 2.62 bits per heavy atom. The molecule has 0 spiro atoms. The number of hydrogen-bond acceptors (Lipinski definition) is 2. The highest BCUT2D eigenvalue weighted by Crippen LogP contribution is 2.27. The van der Waals surface area contributed by atoms with Crippen molar-refractivity contribution < 1.29 is 0 Å². The van der Waals surface area contributed by atoms with E-state index in [1.807, 2.05) is 0 Å². The minimum Gasteiger partial charge on any atom is -0.323 e. The van der Waals surface area contributed by atoms with E-state index < -0.39 is 0 Å². The van der Waals surface area contributed by atoms with Crippen molar-refractivity contribution in [2.75, 3.05) is 0 Å². The van der Waals surface area contributed by atoms with Gasteiger partial charge in [-0.15, -0.1) is 11.3 Å². The molecular formula is C10H16BrNS. The largest absolute Gasteiger partial charge is 0.323 e. The Morgan fingerprint density at radius 1 is 1.46 bits per heavy atom. The molecule has 0 saturated heterocycles. The first-order chi connectivity index (χ1) is 6.09. The van der Waals surface area contributed by atoms with Crippen LogP contribution in [0.4, 0.5) is 0 Å². The zero-order valence-corrected chi connectivity index (χ0v) is 10.5. The van der Waals surface area contributed by atoms with Gasteiger partial charge in [0.15, 0.2) is 0 Å². The summed E-state index contributed by atoms with van der Waals surface area (Å²) in [5.74, 6) is 0.745. The Balaban J connectivity index is 2.44. The Morgan fingerprint density at radius 2 is 2.15 bits per heavy atom. The van der Waals surface area contributed by atoms with Crippen LogP contribution in [-0.4, -0.2) is 0 Å². The highest BCUT2D eigenvalue weighted by molar-refractivity contribution is 9.10. The molecule has 1 rings (SSSR count). The van der Waals surface area contributed by atoms with Crippen molar-refractivity contribution in [3.8, 4) is 0 Å². The van der Waals surface area contributed by atoms with Gasteiger partial charge in [-0.05, 0) is 40.8 Å². The summed E-state index contributed by atoms with van der Waals surface area (Å²) in [4.78, 5) is 1.28. The molecular weight excluding hydrogens is 246 g/mol.